The maximum atomic E-state index is 11.3. The Balaban J connectivity index is 2.48. The highest BCUT2D eigenvalue weighted by Crippen LogP contribution is 2.20. The van der Waals surface area contributed by atoms with Crippen molar-refractivity contribution in [3.05, 3.63) is 30.3 Å². The highest BCUT2D eigenvalue weighted by Gasteiger charge is 2.25. The molecule has 0 aliphatic heterocycles. The first-order chi connectivity index (χ1) is 9.15. The SMILES string of the molecule is CCCCCCC(C(=O)O)C(C)Oc1ccccc1. The van der Waals surface area contributed by atoms with E-state index in [1.54, 1.807) is 0 Å². The Bertz CT molecular complexity index is 362. The average Bonchev–Trinajstić information content (AvgIpc) is 2.39. The molecule has 0 aliphatic rings. The van der Waals surface area contributed by atoms with Gasteiger partial charge in [-0.25, -0.2) is 0 Å². The normalized spacial score (nSPS) is 13.8. The smallest absolute Gasteiger partial charge is 0.310 e. The van der Waals surface area contributed by atoms with Crippen LogP contribution in [0.3, 0.4) is 0 Å². The van der Waals surface area contributed by atoms with Crippen LogP contribution in [-0.2, 0) is 4.79 Å². The average molecular weight is 264 g/mol. The Hall–Kier alpha value is -1.51. The number of unbranched alkanes of at least 4 members (excludes halogenated alkanes) is 3. The highest BCUT2D eigenvalue weighted by molar-refractivity contribution is 5.70. The fourth-order valence-corrected chi connectivity index (χ4v) is 2.15. The van der Waals surface area contributed by atoms with Crippen LogP contribution in [0.5, 0.6) is 5.75 Å². The Morgan fingerprint density at radius 1 is 1.21 bits per heavy atom. The van der Waals surface area contributed by atoms with Crippen molar-refractivity contribution in [2.24, 2.45) is 5.92 Å². The van der Waals surface area contributed by atoms with Crippen molar-refractivity contribution in [1.29, 1.82) is 0 Å². The number of hydrogen-bond donors (Lipinski definition) is 1. The molecule has 0 amide bonds. The largest absolute Gasteiger partial charge is 0.490 e. The molecule has 3 heteroatoms. The van der Waals surface area contributed by atoms with Crippen molar-refractivity contribution in [1.82, 2.24) is 0 Å². The van der Waals surface area contributed by atoms with Gasteiger partial charge in [-0.05, 0) is 25.5 Å². The molecule has 0 aliphatic carbocycles. The lowest BCUT2D eigenvalue weighted by atomic mass is 9.96. The van der Waals surface area contributed by atoms with Crippen LogP contribution >= 0.6 is 0 Å². The van der Waals surface area contributed by atoms with E-state index in [0.717, 1.165) is 25.0 Å². The summed E-state index contributed by atoms with van der Waals surface area (Å²) < 4.78 is 5.71. The van der Waals surface area contributed by atoms with Gasteiger partial charge in [0.25, 0.3) is 0 Å². The summed E-state index contributed by atoms with van der Waals surface area (Å²) in [4.78, 5) is 11.3. The van der Waals surface area contributed by atoms with E-state index in [1.807, 2.05) is 37.3 Å². The molecule has 1 N–H and O–H groups in total. The van der Waals surface area contributed by atoms with E-state index in [1.165, 1.54) is 6.42 Å². The zero-order chi connectivity index (χ0) is 14.1. The van der Waals surface area contributed by atoms with Crippen molar-refractivity contribution in [3.63, 3.8) is 0 Å². The predicted octanol–water partition coefficient (Wildman–Crippen LogP) is 4.13. The van der Waals surface area contributed by atoms with Crippen molar-refractivity contribution in [2.45, 2.75) is 52.1 Å². The third kappa shape index (κ3) is 5.77. The monoisotopic (exact) mass is 264 g/mol. The number of carbonyl (C=O) groups is 1. The van der Waals surface area contributed by atoms with Gasteiger partial charge in [0.15, 0.2) is 0 Å². The second-order valence-electron chi connectivity index (χ2n) is 4.93. The van der Waals surface area contributed by atoms with Gasteiger partial charge < -0.3 is 9.84 Å². The molecule has 106 valence electrons. The van der Waals surface area contributed by atoms with Crippen LogP contribution < -0.4 is 4.74 Å². The molecule has 2 unspecified atom stereocenters. The highest BCUT2D eigenvalue weighted by atomic mass is 16.5. The van der Waals surface area contributed by atoms with Gasteiger partial charge in [-0.1, -0.05) is 50.8 Å². The van der Waals surface area contributed by atoms with Crippen molar-refractivity contribution in [2.75, 3.05) is 0 Å². The van der Waals surface area contributed by atoms with Gasteiger partial charge in [-0.2, -0.15) is 0 Å². The molecule has 0 saturated heterocycles. The summed E-state index contributed by atoms with van der Waals surface area (Å²) in [6, 6.07) is 9.40. The second kappa shape index (κ2) is 8.57. The van der Waals surface area contributed by atoms with Crippen LogP contribution in [0.15, 0.2) is 30.3 Å². The molecule has 0 heterocycles. The number of benzene rings is 1. The van der Waals surface area contributed by atoms with Gasteiger partial charge in [0.05, 0.1) is 5.92 Å². The van der Waals surface area contributed by atoms with Gasteiger partial charge in [-0.15, -0.1) is 0 Å². The number of carboxylic acid groups (broad SMARTS) is 1. The number of para-hydroxylation sites is 1. The molecule has 0 radical (unpaired) electrons. The molecular formula is C16H24O3. The molecule has 2 atom stereocenters. The maximum absolute atomic E-state index is 11.3. The van der Waals surface area contributed by atoms with Crippen molar-refractivity contribution >= 4 is 5.97 Å². The summed E-state index contributed by atoms with van der Waals surface area (Å²) in [7, 11) is 0. The van der Waals surface area contributed by atoms with Crippen molar-refractivity contribution in [3.8, 4) is 5.75 Å². The van der Waals surface area contributed by atoms with Crippen LogP contribution in [0.2, 0.25) is 0 Å². The minimum absolute atomic E-state index is 0.304. The minimum Gasteiger partial charge on any atom is -0.490 e. The lowest BCUT2D eigenvalue weighted by Crippen LogP contribution is -2.30. The topological polar surface area (TPSA) is 46.5 Å². The fraction of sp³-hybridized carbons (Fsp3) is 0.562. The fourth-order valence-electron chi connectivity index (χ4n) is 2.15. The summed E-state index contributed by atoms with van der Waals surface area (Å²) in [5.74, 6) is -0.466. The number of ether oxygens (including phenoxy) is 1. The van der Waals surface area contributed by atoms with E-state index >= 15 is 0 Å². The van der Waals surface area contributed by atoms with Crippen LogP contribution in [0.1, 0.15) is 46.0 Å². The van der Waals surface area contributed by atoms with Crippen molar-refractivity contribution < 1.29 is 14.6 Å². The molecule has 1 aromatic rings. The van der Waals surface area contributed by atoms with E-state index in [9.17, 15) is 9.90 Å². The van der Waals surface area contributed by atoms with Gasteiger partial charge >= 0.3 is 5.97 Å². The van der Waals surface area contributed by atoms with Gasteiger partial charge in [0.1, 0.15) is 11.9 Å². The number of rotatable bonds is 9. The Morgan fingerprint density at radius 3 is 2.47 bits per heavy atom. The molecule has 1 aromatic carbocycles. The Kier molecular flexibility index (Phi) is 7.01. The van der Waals surface area contributed by atoms with E-state index in [4.69, 9.17) is 4.74 Å². The first-order valence-electron chi connectivity index (χ1n) is 7.09. The van der Waals surface area contributed by atoms with Crippen LogP contribution in [0, 0.1) is 5.92 Å². The Labute approximate surface area is 115 Å². The summed E-state index contributed by atoms with van der Waals surface area (Å²) >= 11 is 0. The van der Waals surface area contributed by atoms with E-state index in [0.29, 0.717) is 6.42 Å². The number of carboxylic acids is 1. The van der Waals surface area contributed by atoms with E-state index < -0.39 is 11.9 Å². The molecule has 19 heavy (non-hydrogen) atoms. The molecule has 1 rings (SSSR count). The summed E-state index contributed by atoms with van der Waals surface area (Å²) in [6.45, 7) is 3.99. The van der Waals surface area contributed by atoms with Gasteiger partial charge in [0.2, 0.25) is 0 Å². The second-order valence-corrected chi connectivity index (χ2v) is 4.93. The molecule has 0 spiro atoms. The zero-order valence-corrected chi connectivity index (χ0v) is 11.8. The third-order valence-corrected chi connectivity index (χ3v) is 3.32. The predicted molar refractivity (Wildman–Crippen MR) is 76.4 cm³/mol. The Morgan fingerprint density at radius 2 is 1.89 bits per heavy atom. The maximum Gasteiger partial charge on any atom is 0.310 e. The van der Waals surface area contributed by atoms with Crippen LogP contribution in [0.25, 0.3) is 0 Å². The number of aliphatic carboxylic acids is 1. The molecule has 0 fully saturated rings. The molecule has 3 nitrogen and oxygen atoms in total. The van der Waals surface area contributed by atoms with Crippen LogP contribution in [0.4, 0.5) is 0 Å². The lowest BCUT2D eigenvalue weighted by molar-refractivity contribution is -0.145. The molecule has 0 saturated carbocycles. The summed E-state index contributed by atoms with van der Waals surface area (Å²) in [5, 5.41) is 9.30. The van der Waals surface area contributed by atoms with Gasteiger partial charge in [0, 0.05) is 0 Å². The van der Waals surface area contributed by atoms with Gasteiger partial charge in [-0.3, -0.25) is 4.79 Å². The standard InChI is InChI=1S/C16H24O3/c1-3-4-5-9-12-15(16(17)18)13(2)19-14-10-7-6-8-11-14/h6-8,10-11,13,15H,3-5,9,12H2,1-2H3,(H,17,18). The summed E-state index contributed by atoms with van der Waals surface area (Å²) in [6.07, 6.45) is 4.75. The quantitative estimate of drug-likeness (QED) is 0.682. The first-order valence-corrected chi connectivity index (χ1v) is 7.09. The summed E-state index contributed by atoms with van der Waals surface area (Å²) in [5.41, 5.74) is 0. The zero-order valence-electron chi connectivity index (χ0n) is 11.8. The molecule has 0 aromatic heterocycles. The third-order valence-electron chi connectivity index (χ3n) is 3.32. The number of hydrogen-bond acceptors (Lipinski definition) is 2. The molecular weight excluding hydrogens is 240 g/mol. The lowest BCUT2D eigenvalue weighted by Gasteiger charge is -2.21. The minimum atomic E-state index is -0.764. The molecule has 0 bridgehead atoms. The van der Waals surface area contributed by atoms with Crippen LogP contribution in [-0.4, -0.2) is 17.2 Å². The van der Waals surface area contributed by atoms with E-state index in [-0.39, 0.29) is 6.10 Å². The first kappa shape index (κ1) is 15.5. The van der Waals surface area contributed by atoms with E-state index in [2.05, 4.69) is 6.92 Å².